The van der Waals surface area contributed by atoms with Gasteiger partial charge in [0.25, 0.3) is 0 Å². The predicted octanol–water partition coefficient (Wildman–Crippen LogP) is 3.00. The molecule has 2 nitrogen and oxygen atoms in total. The molecule has 0 heterocycles. The van der Waals surface area contributed by atoms with Crippen LogP contribution in [0.4, 0.5) is 0 Å². The summed E-state index contributed by atoms with van der Waals surface area (Å²) < 4.78 is 0. The highest BCUT2D eigenvalue weighted by Gasteiger charge is 2.47. The summed E-state index contributed by atoms with van der Waals surface area (Å²) in [6.07, 6.45) is 9.20. The molecule has 0 bridgehead atoms. The van der Waals surface area contributed by atoms with Gasteiger partial charge in [-0.05, 0) is 49.2 Å². The van der Waals surface area contributed by atoms with Crippen LogP contribution in [-0.2, 0) is 4.79 Å². The van der Waals surface area contributed by atoms with Gasteiger partial charge in [-0.3, -0.25) is 4.79 Å². The van der Waals surface area contributed by atoms with E-state index in [-0.39, 0.29) is 0 Å². The molecule has 2 aliphatic rings. The van der Waals surface area contributed by atoms with Gasteiger partial charge in [0.1, 0.15) is 6.29 Å². The average Bonchev–Trinajstić information content (AvgIpc) is 2.58. The Balaban J connectivity index is 2.23. The van der Waals surface area contributed by atoms with Gasteiger partial charge >= 0.3 is 0 Å². The molecule has 0 aromatic rings. The first-order valence-corrected chi connectivity index (χ1v) is 6.62. The summed E-state index contributed by atoms with van der Waals surface area (Å²) in [5, 5.41) is 10.8. The molecule has 2 heteroatoms. The van der Waals surface area contributed by atoms with Gasteiger partial charge in [0.05, 0.1) is 5.60 Å². The van der Waals surface area contributed by atoms with Crippen LogP contribution in [0.15, 0.2) is 11.1 Å². The Kier molecular flexibility index (Phi) is 3.48. The first-order valence-electron chi connectivity index (χ1n) is 6.62. The van der Waals surface area contributed by atoms with E-state index in [1.165, 1.54) is 6.42 Å². The second-order valence-electron chi connectivity index (χ2n) is 5.30. The molecule has 0 amide bonds. The summed E-state index contributed by atoms with van der Waals surface area (Å²) >= 11 is 0. The van der Waals surface area contributed by atoms with Crippen LogP contribution < -0.4 is 0 Å². The maximum Gasteiger partial charge on any atom is 0.146 e. The lowest BCUT2D eigenvalue weighted by Gasteiger charge is -2.37. The van der Waals surface area contributed by atoms with E-state index in [0.717, 1.165) is 62.4 Å². The van der Waals surface area contributed by atoms with Gasteiger partial charge in [0, 0.05) is 0 Å². The van der Waals surface area contributed by atoms with E-state index in [9.17, 15) is 9.90 Å². The van der Waals surface area contributed by atoms with Crippen LogP contribution in [-0.4, -0.2) is 17.0 Å². The van der Waals surface area contributed by atoms with Gasteiger partial charge in [-0.25, -0.2) is 0 Å². The number of carbonyl (C=O) groups is 1. The number of rotatable bonds is 4. The first-order chi connectivity index (χ1) is 7.72. The molecule has 2 rings (SSSR count). The van der Waals surface area contributed by atoms with E-state index in [0.29, 0.717) is 5.92 Å². The first kappa shape index (κ1) is 11.8. The van der Waals surface area contributed by atoms with Gasteiger partial charge in [0.15, 0.2) is 0 Å². The van der Waals surface area contributed by atoms with Crippen molar-refractivity contribution in [2.45, 2.75) is 63.9 Å². The molecule has 90 valence electrons. The maximum atomic E-state index is 11.1. The van der Waals surface area contributed by atoms with Crippen molar-refractivity contribution in [3.05, 3.63) is 11.1 Å². The highest BCUT2D eigenvalue weighted by atomic mass is 16.3. The number of hydrogen-bond donors (Lipinski definition) is 1. The number of aldehydes is 1. The Bertz CT molecular complexity index is 306. The van der Waals surface area contributed by atoms with Crippen LogP contribution in [0, 0.1) is 5.92 Å². The molecule has 2 unspecified atom stereocenters. The summed E-state index contributed by atoms with van der Waals surface area (Å²) in [5.74, 6) is 0.327. The van der Waals surface area contributed by atoms with Crippen molar-refractivity contribution in [2.75, 3.05) is 0 Å². The van der Waals surface area contributed by atoms with Crippen molar-refractivity contribution < 1.29 is 9.90 Å². The summed E-state index contributed by atoms with van der Waals surface area (Å²) in [6, 6.07) is 0. The fourth-order valence-corrected chi connectivity index (χ4v) is 3.41. The zero-order valence-corrected chi connectivity index (χ0v) is 10.2. The summed E-state index contributed by atoms with van der Waals surface area (Å²) in [4.78, 5) is 11.1. The molecule has 0 radical (unpaired) electrons. The number of hydrogen-bond acceptors (Lipinski definition) is 2. The lowest BCUT2D eigenvalue weighted by molar-refractivity contribution is -0.105. The van der Waals surface area contributed by atoms with Gasteiger partial charge in [-0.15, -0.1) is 0 Å². The molecular weight excluding hydrogens is 200 g/mol. The van der Waals surface area contributed by atoms with Gasteiger partial charge < -0.3 is 5.11 Å². The number of fused-ring (bicyclic) bond motifs is 1. The highest BCUT2D eigenvalue weighted by Crippen LogP contribution is 2.49. The van der Waals surface area contributed by atoms with Crippen molar-refractivity contribution >= 4 is 6.29 Å². The van der Waals surface area contributed by atoms with E-state index >= 15 is 0 Å². The lowest BCUT2D eigenvalue weighted by Crippen LogP contribution is -2.39. The van der Waals surface area contributed by atoms with E-state index < -0.39 is 5.60 Å². The molecule has 1 saturated carbocycles. The largest absolute Gasteiger partial charge is 0.385 e. The van der Waals surface area contributed by atoms with E-state index in [2.05, 4.69) is 6.92 Å². The lowest BCUT2D eigenvalue weighted by atomic mass is 9.74. The molecule has 16 heavy (non-hydrogen) atoms. The van der Waals surface area contributed by atoms with Gasteiger partial charge in [-0.1, -0.05) is 26.2 Å². The zero-order valence-electron chi connectivity index (χ0n) is 10.2. The summed E-state index contributed by atoms with van der Waals surface area (Å²) in [6.45, 7) is 2.15. The zero-order chi connectivity index (χ0) is 11.6. The minimum atomic E-state index is -0.621. The van der Waals surface area contributed by atoms with Crippen LogP contribution in [0.25, 0.3) is 0 Å². The van der Waals surface area contributed by atoms with Crippen LogP contribution in [0.3, 0.4) is 0 Å². The van der Waals surface area contributed by atoms with E-state index in [4.69, 9.17) is 0 Å². The Morgan fingerprint density at radius 2 is 2.31 bits per heavy atom. The number of carbonyl (C=O) groups excluding carboxylic acids is 1. The van der Waals surface area contributed by atoms with Crippen LogP contribution in [0.5, 0.6) is 0 Å². The third-order valence-electron chi connectivity index (χ3n) is 4.33. The van der Waals surface area contributed by atoms with Gasteiger partial charge in [0.2, 0.25) is 0 Å². The molecule has 1 N–H and O–H groups in total. The third-order valence-corrected chi connectivity index (χ3v) is 4.33. The normalized spacial score (nSPS) is 34.0. The summed E-state index contributed by atoms with van der Waals surface area (Å²) in [7, 11) is 0. The molecule has 0 aromatic carbocycles. The topological polar surface area (TPSA) is 37.3 Å². The van der Waals surface area contributed by atoms with Crippen molar-refractivity contribution in [2.24, 2.45) is 5.92 Å². The minimum absolute atomic E-state index is 0.327. The minimum Gasteiger partial charge on any atom is -0.385 e. The van der Waals surface area contributed by atoms with Crippen LogP contribution in [0.1, 0.15) is 58.3 Å². The second-order valence-corrected chi connectivity index (χ2v) is 5.30. The third kappa shape index (κ3) is 1.84. The predicted molar refractivity (Wildman–Crippen MR) is 64.1 cm³/mol. The fraction of sp³-hybridized carbons (Fsp3) is 0.786. The smallest absolute Gasteiger partial charge is 0.146 e. The summed E-state index contributed by atoms with van der Waals surface area (Å²) in [5.41, 5.74) is 1.36. The van der Waals surface area contributed by atoms with Crippen molar-refractivity contribution in [1.82, 2.24) is 0 Å². The molecular formula is C14H22O2. The molecule has 0 aromatic heterocycles. The highest BCUT2D eigenvalue weighted by molar-refractivity contribution is 5.77. The van der Waals surface area contributed by atoms with Crippen molar-refractivity contribution in [3.8, 4) is 0 Å². The monoisotopic (exact) mass is 222 g/mol. The maximum absolute atomic E-state index is 11.1. The van der Waals surface area contributed by atoms with E-state index in [1.807, 2.05) is 0 Å². The Morgan fingerprint density at radius 1 is 1.50 bits per heavy atom. The molecule has 2 aliphatic carbocycles. The molecule has 0 aliphatic heterocycles. The van der Waals surface area contributed by atoms with Crippen molar-refractivity contribution in [1.29, 1.82) is 0 Å². The van der Waals surface area contributed by atoms with Crippen LogP contribution >= 0.6 is 0 Å². The quantitative estimate of drug-likeness (QED) is 0.742. The fourth-order valence-electron chi connectivity index (χ4n) is 3.41. The van der Waals surface area contributed by atoms with Gasteiger partial charge in [-0.2, -0.15) is 0 Å². The molecule has 0 spiro atoms. The molecule has 1 fully saturated rings. The number of allylic oxidation sites excluding steroid dienone is 1. The Labute approximate surface area is 97.7 Å². The second kappa shape index (κ2) is 4.70. The molecule has 2 atom stereocenters. The Morgan fingerprint density at radius 3 is 3.00 bits per heavy atom. The van der Waals surface area contributed by atoms with Crippen molar-refractivity contribution in [3.63, 3.8) is 0 Å². The van der Waals surface area contributed by atoms with E-state index in [1.54, 1.807) is 0 Å². The average molecular weight is 222 g/mol. The number of unbranched alkanes of at least 4 members (excludes halogenated alkanes) is 1. The number of aliphatic hydroxyl groups is 1. The standard InChI is InChI=1S/C14H22O2/c1-2-3-7-13-11(10-15)9-12-6-4-5-8-14(12,13)16/h10,12,16H,2-9H2,1H3. The SMILES string of the molecule is CCCCC1=C(C=O)CC2CCCCC12O. The van der Waals surface area contributed by atoms with Crippen LogP contribution in [0.2, 0.25) is 0 Å². The molecule has 0 saturated heterocycles. The Hall–Kier alpha value is -0.630.